The molecule has 2 aromatic carbocycles. The first kappa shape index (κ1) is 18.3. The van der Waals surface area contributed by atoms with Crippen molar-refractivity contribution in [2.75, 3.05) is 5.32 Å². The molecule has 0 aliphatic rings. The number of aromatic nitrogens is 2. The van der Waals surface area contributed by atoms with E-state index in [1.165, 1.54) is 5.56 Å². The molecule has 0 radical (unpaired) electrons. The molecule has 0 saturated heterocycles. The van der Waals surface area contributed by atoms with Gasteiger partial charge in [-0.25, -0.2) is 9.97 Å². The van der Waals surface area contributed by atoms with Crippen LogP contribution in [-0.4, -0.2) is 15.7 Å². The van der Waals surface area contributed by atoms with E-state index in [1.54, 1.807) is 36.5 Å². The van der Waals surface area contributed by atoms with Crippen molar-refractivity contribution < 1.29 is 0 Å². The molecular formula is C22H21N5. The lowest BCUT2D eigenvalue weighted by atomic mass is 9.86. The summed E-state index contributed by atoms with van der Waals surface area (Å²) in [5.74, 6) is 0.410. The summed E-state index contributed by atoms with van der Waals surface area (Å²) in [7, 11) is 0. The lowest BCUT2D eigenvalue weighted by molar-refractivity contribution is 0.590. The number of hydrogen-bond acceptors (Lipinski definition) is 5. The second kappa shape index (κ2) is 7.38. The third-order valence-corrected chi connectivity index (χ3v) is 4.22. The second-order valence-electron chi connectivity index (χ2n) is 7.28. The highest BCUT2D eigenvalue weighted by Crippen LogP contribution is 2.23. The van der Waals surface area contributed by atoms with E-state index in [1.807, 2.05) is 12.1 Å². The Kier molecular flexibility index (Phi) is 5.00. The molecule has 5 heteroatoms. The van der Waals surface area contributed by atoms with Gasteiger partial charge in [-0.1, -0.05) is 45.0 Å². The maximum atomic E-state index is 8.87. The zero-order valence-electron chi connectivity index (χ0n) is 15.6. The largest absolute Gasteiger partial charge is 0.324 e. The minimum absolute atomic E-state index is 0.0772. The third kappa shape index (κ3) is 4.36. The zero-order valence-corrected chi connectivity index (χ0v) is 15.6. The standard InChI is InChI=1S/C22H21N5/c1-22(2,3)17-8-6-16(7-9-17)20(24)19-12-13-25-21(27-19)26-18-10-4-15(14-23)5-11-18/h4-13,24H,1-3H3,(H,25,26,27). The Labute approximate surface area is 159 Å². The van der Waals surface area contributed by atoms with E-state index in [2.05, 4.69) is 54.3 Å². The van der Waals surface area contributed by atoms with Gasteiger partial charge in [-0.05, 0) is 41.3 Å². The Balaban J connectivity index is 1.80. The molecule has 1 heterocycles. The molecule has 2 N–H and O–H groups in total. The molecule has 0 saturated carbocycles. The Morgan fingerprint density at radius 2 is 1.67 bits per heavy atom. The van der Waals surface area contributed by atoms with Crippen molar-refractivity contribution in [1.29, 1.82) is 10.7 Å². The number of benzene rings is 2. The van der Waals surface area contributed by atoms with Gasteiger partial charge in [0, 0.05) is 17.4 Å². The first-order valence-corrected chi connectivity index (χ1v) is 8.67. The average Bonchev–Trinajstić information content (AvgIpc) is 2.68. The molecule has 0 unspecified atom stereocenters. The topological polar surface area (TPSA) is 85.5 Å². The van der Waals surface area contributed by atoms with Gasteiger partial charge < -0.3 is 5.32 Å². The van der Waals surface area contributed by atoms with Gasteiger partial charge >= 0.3 is 0 Å². The Morgan fingerprint density at radius 1 is 1.00 bits per heavy atom. The van der Waals surface area contributed by atoms with Crippen molar-refractivity contribution >= 4 is 17.3 Å². The maximum Gasteiger partial charge on any atom is 0.227 e. The number of nitriles is 1. The summed E-state index contributed by atoms with van der Waals surface area (Å²) in [6.45, 7) is 6.50. The Morgan fingerprint density at radius 3 is 2.26 bits per heavy atom. The van der Waals surface area contributed by atoms with Crippen LogP contribution in [0.5, 0.6) is 0 Å². The molecule has 0 aliphatic heterocycles. The van der Waals surface area contributed by atoms with E-state index in [9.17, 15) is 0 Å². The van der Waals surface area contributed by atoms with Crippen LogP contribution in [0.2, 0.25) is 0 Å². The van der Waals surface area contributed by atoms with Gasteiger partial charge in [-0.3, -0.25) is 5.41 Å². The zero-order chi connectivity index (χ0) is 19.4. The summed E-state index contributed by atoms with van der Waals surface area (Å²) in [5, 5.41) is 20.4. The fourth-order valence-electron chi connectivity index (χ4n) is 2.60. The summed E-state index contributed by atoms with van der Waals surface area (Å²) < 4.78 is 0. The van der Waals surface area contributed by atoms with Crippen LogP contribution < -0.4 is 5.32 Å². The van der Waals surface area contributed by atoms with Crippen LogP contribution in [0.25, 0.3) is 0 Å². The number of rotatable bonds is 4. The molecule has 0 spiro atoms. The normalized spacial score (nSPS) is 10.9. The van der Waals surface area contributed by atoms with Crippen LogP contribution in [0, 0.1) is 16.7 Å². The lowest BCUT2D eigenvalue weighted by Gasteiger charge is -2.19. The van der Waals surface area contributed by atoms with E-state index < -0.39 is 0 Å². The molecule has 1 aromatic heterocycles. The highest BCUT2D eigenvalue weighted by Gasteiger charge is 2.14. The minimum atomic E-state index is 0.0772. The van der Waals surface area contributed by atoms with E-state index in [4.69, 9.17) is 10.7 Å². The van der Waals surface area contributed by atoms with Crippen LogP contribution in [-0.2, 0) is 5.41 Å². The fraction of sp³-hybridized carbons (Fsp3) is 0.182. The smallest absolute Gasteiger partial charge is 0.227 e. The van der Waals surface area contributed by atoms with E-state index in [0.717, 1.165) is 11.3 Å². The molecule has 0 amide bonds. The van der Waals surface area contributed by atoms with Crippen molar-refractivity contribution in [1.82, 2.24) is 9.97 Å². The van der Waals surface area contributed by atoms with Crippen LogP contribution in [0.1, 0.15) is 43.2 Å². The molecule has 134 valence electrons. The molecular weight excluding hydrogens is 334 g/mol. The maximum absolute atomic E-state index is 8.87. The van der Waals surface area contributed by atoms with E-state index in [-0.39, 0.29) is 5.41 Å². The quantitative estimate of drug-likeness (QED) is 0.658. The van der Waals surface area contributed by atoms with Crippen LogP contribution >= 0.6 is 0 Å². The summed E-state index contributed by atoms with van der Waals surface area (Å²) in [6, 6.07) is 18.9. The Hall–Kier alpha value is -3.52. The number of nitrogens with zero attached hydrogens (tertiary/aromatic N) is 3. The second-order valence-corrected chi connectivity index (χ2v) is 7.28. The van der Waals surface area contributed by atoms with Crippen LogP contribution in [0.3, 0.4) is 0 Å². The van der Waals surface area contributed by atoms with Crippen molar-refractivity contribution in [3.8, 4) is 6.07 Å². The van der Waals surface area contributed by atoms with Gasteiger partial charge in [0.1, 0.15) is 0 Å². The van der Waals surface area contributed by atoms with Crippen LogP contribution in [0.15, 0.2) is 60.8 Å². The van der Waals surface area contributed by atoms with Gasteiger partial charge in [0.25, 0.3) is 0 Å². The van der Waals surface area contributed by atoms with Gasteiger partial charge in [0.15, 0.2) is 0 Å². The average molecular weight is 355 g/mol. The molecule has 0 bridgehead atoms. The highest BCUT2D eigenvalue weighted by atomic mass is 15.1. The molecule has 0 aliphatic carbocycles. The number of nitrogens with one attached hydrogen (secondary N) is 2. The van der Waals surface area contributed by atoms with Crippen LogP contribution in [0.4, 0.5) is 11.6 Å². The van der Waals surface area contributed by atoms with Gasteiger partial charge in [0.2, 0.25) is 5.95 Å². The first-order valence-electron chi connectivity index (χ1n) is 8.67. The van der Waals surface area contributed by atoms with Crippen molar-refractivity contribution in [2.45, 2.75) is 26.2 Å². The Bertz CT molecular complexity index is 991. The van der Waals surface area contributed by atoms with Gasteiger partial charge in [-0.2, -0.15) is 5.26 Å². The molecule has 5 nitrogen and oxygen atoms in total. The van der Waals surface area contributed by atoms with Crippen molar-refractivity contribution in [3.05, 3.63) is 83.2 Å². The predicted molar refractivity (Wildman–Crippen MR) is 108 cm³/mol. The van der Waals surface area contributed by atoms with Gasteiger partial charge in [0.05, 0.1) is 23.0 Å². The van der Waals surface area contributed by atoms with Gasteiger partial charge in [-0.15, -0.1) is 0 Å². The molecule has 0 atom stereocenters. The highest BCUT2D eigenvalue weighted by molar-refractivity contribution is 6.09. The summed E-state index contributed by atoms with van der Waals surface area (Å²) in [4.78, 5) is 8.66. The molecule has 27 heavy (non-hydrogen) atoms. The summed E-state index contributed by atoms with van der Waals surface area (Å²) >= 11 is 0. The lowest BCUT2D eigenvalue weighted by Crippen LogP contribution is -2.12. The SMILES string of the molecule is CC(C)(C)c1ccc(C(=N)c2ccnc(Nc3ccc(C#N)cc3)n2)cc1. The summed E-state index contributed by atoms with van der Waals surface area (Å²) in [5.41, 5.74) is 4.39. The van der Waals surface area contributed by atoms with E-state index >= 15 is 0 Å². The number of hydrogen-bond donors (Lipinski definition) is 2. The van der Waals surface area contributed by atoms with Crippen molar-refractivity contribution in [2.24, 2.45) is 0 Å². The minimum Gasteiger partial charge on any atom is -0.324 e. The first-order chi connectivity index (χ1) is 12.9. The monoisotopic (exact) mass is 355 g/mol. The summed E-state index contributed by atoms with van der Waals surface area (Å²) in [6.07, 6.45) is 1.63. The molecule has 3 aromatic rings. The predicted octanol–water partition coefficient (Wildman–Crippen LogP) is 4.81. The number of anilines is 2. The van der Waals surface area contributed by atoms with Crippen molar-refractivity contribution in [3.63, 3.8) is 0 Å². The molecule has 3 rings (SSSR count). The third-order valence-electron chi connectivity index (χ3n) is 4.22. The fourth-order valence-corrected chi connectivity index (χ4v) is 2.60. The van der Waals surface area contributed by atoms with E-state index in [0.29, 0.717) is 22.9 Å². The molecule has 0 fully saturated rings.